The Hall–Kier alpha value is -3.73. The van der Waals surface area contributed by atoms with Gasteiger partial charge in [0, 0.05) is 37.8 Å². The van der Waals surface area contributed by atoms with Gasteiger partial charge in [-0.15, -0.1) is 0 Å². The van der Waals surface area contributed by atoms with Crippen LogP contribution in [0.4, 0.5) is 11.4 Å². The Labute approximate surface area is 208 Å². The van der Waals surface area contributed by atoms with Gasteiger partial charge in [-0.3, -0.25) is 20.2 Å². The van der Waals surface area contributed by atoms with Crippen LogP contribution in [0.5, 0.6) is 5.75 Å². The van der Waals surface area contributed by atoms with E-state index in [-0.39, 0.29) is 23.8 Å². The smallest absolute Gasteiger partial charge is 0.338 e. The summed E-state index contributed by atoms with van der Waals surface area (Å²) >= 11 is 5.42. The summed E-state index contributed by atoms with van der Waals surface area (Å²) in [7, 11) is 0. The lowest BCUT2D eigenvalue weighted by molar-refractivity contribution is -0.384. The molecule has 35 heavy (non-hydrogen) atoms. The molecule has 0 saturated carbocycles. The van der Waals surface area contributed by atoms with E-state index in [4.69, 9.17) is 21.7 Å². The lowest BCUT2D eigenvalue weighted by Gasteiger charge is -2.37. The first-order valence-corrected chi connectivity index (χ1v) is 11.8. The zero-order chi connectivity index (χ0) is 25.4. The van der Waals surface area contributed by atoms with Crippen molar-refractivity contribution in [1.29, 1.82) is 0 Å². The Morgan fingerprint density at radius 1 is 1.06 bits per heavy atom. The van der Waals surface area contributed by atoms with Crippen molar-refractivity contribution < 1.29 is 24.0 Å². The summed E-state index contributed by atoms with van der Waals surface area (Å²) in [6.07, 6.45) is 0.899. The van der Waals surface area contributed by atoms with Gasteiger partial charge in [0.05, 0.1) is 23.7 Å². The first-order valence-electron chi connectivity index (χ1n) is 11.4. The number of nitro groups is 1. The molecule has 1 amide bonds. The highest BCUT2D eigenvalue weighted by Gasteiger charge is 2.26. The first-order chi connectivity index (χ1) is 16.8. The molecular formula is C24H28N4O6S. The molecule has 1 fully saturated rings. The molecule has 11 heteroatoms. The number of anilines is 1. The van der Waals surface area contributed by atoms with E-state index in [9.17, 15) is 19.7 Å². The van der Waals surface area contributed by atoms with Crippen molar-refractivity contribution in [1.82, 2.24) is 10.2 Å². The SMILES string of the molecule is CCCOc1ccc(C(=O)NC(=S)N2CCN(c3ccc(C(=O)OCC)cc3[N+](=O)[O-])CC2)cc1. The second-order valence-electron chi connectivity index (χ2n) is 7.79. The van der Waals surface area contributed by atoms with E-state index in [0.717, 1.165) is 6.42 Å². The van der Waals surface area contributed by atoms with Gasteiger partial charge in [0.1, 0.15) is 11.4 Å². The number of nitrogens with one attached hydrogen (secondary N) is 1. The number of rotatable bonds is 8. The molecule has 1 saturated heterocycles. The van der Waals surface area contributed by atoms with Crippen molar-refractivity contribution in [2.24, 2.45) is 0 Å². The Morgan fingerprint density at radius 2 is 1.71 bits per heavy atom. The molecule has 1 aliphatic heterocycles. The maximum absolute atomic E-state index is 12.6. The molecule has 0 unspecified atom stereocenters. The summed E-state index contributed by atoms with van der Waals surface area (Å²) in [5, 5.41) is 14.7. The summed E-state index contributed by atoms with van der Waals surface area (Å²) in [6.45, 7) is 6.35. The number of amides is 1. The number of carbonyl (C=O) groups excluding carboxylic acids is 2. The predicted molar refractivity (Wildman–Crippen MR) is 135 cm³/mol. The average Bonchev–Trinajstić information content (AvgIpc) is 2.87. The zero-order valence-electron chi connectivity index (χ0n) is 19.7. The van der Waals surface area contributed by atoms with E-state index >= 15 is 0 Å². The fourth-order valence-electron chi connectivity index (χ4n) is 3.60. The van der Waals surface area contributed by atoms with Gasteiger partial charge in [-0.25, -0.2) is 4.79 Å². The highest BCUT2D eigenvalue weighted by Crippen LogP contribution is 2.30. The molecule has 2 aromatic rings. The molecule has 0 bridgehead atoms. The van der Waals surface area contributed by atoms with Gasteiger partial charge in [0.15, 0.2) is 5.11 Å². The quantitative estimate of drug-likeness (QED) is 0.252. The normalized spacial score (nSPS) is 13.2. The van der Waals surface area contributed by atoms with E-state index in [1.807, 2.05) is 16.7 Å². The van der Waals surface area contributed by atoms with E-state index in [2.05, 4.69) is 5.32 Å². The van der Waals surface area contributed by atoms with E-state index in [1.54, 1.807) is 37.3 Å². The summed E-state index contributed by atoms with van der Waals surface area (Å²) in [5.41, 5.74) is 0.858. The second kappa shape index (κ2) is 12.1. The Balaban J connectivity index is 1.59. The second-order valence-corrected chi connectivity index (χ2v) is 8.17. The zero-order valence-corrected chi connectivity index (χ0v) is 20.5. The monoisotopic (exact) mass is 500 g/mol. The third-order valence-electron chi connectivity index (χ3n) is 5.40. The number of benzene rings is 2. The number of piperazine rings is 1. The molecule has 0 aliphatic carbocycles. The van der Waals surface area contributed by atoms with Crippen LogP contribution in [0.15, 0.2) is 42.5 Å². The van der Waals surface area contributed by atoms with Gasteiger partial charge in [0.25, 0.3) is 11.6 Å². The molecule has 1 aliphatic rings. The molecule has 10 nitrogen and oxygen atoms in total. The number of carbonyl (C=O) groups is 2. The van der Waals surface area contributed by atoms with Gasteiger partial charge in [0.2, 0.25) is 0 Å². The van der Waals surface area contributed by atoms with Crippen LogP contribution in [0.3, 0.4) is 0 Å². The highest BCUT2D eigenvalue weighted by atomic mass is 32.1. The minimum atomic E-state index is -0.601. The van der Waals surface area contributed by atoms with Crippen LogP contribution in [-0.2, 0) is 4.74 Å². The lowest BCUT2D eigenvalue weighted by atomic mass is 10.1. The fourth-order valence-corrected chi connectivity index (χ4v) is 3.87. The molecule has 0 atom stereocenters. The number of thiocarbonyl (C=S) groups is 1. The minimum absolute atomic E-state index is 0.134. The third-order valence-corrected chi connectivity index (χ3v) is 5.76. The van der Waals surface area contributed by atoms with Gasteiger partial charge < -0.3 is 19.3 Å². The van der Waals surface area contributed by atoms with E-state index < -0.39 is 10.9 Å². The van der Waals surface area contributed by atoms with Crippen molar-refractivity contribution >= 4 is 40.6 Å². The molecule has 186 valence electrons. The van der Waals surface area contributed by atoms with Crippen molar-refractivity contribution in [2.45, 2.75) is 20.3 Å². The number of esters is 1. The van der Waals surface area contributed by atoms with E-state index in [1.165, 1.54) is 12.1 Å². The van der Waals surface area contributed by atoms with Crippen LogP contribution < -0.4 is 15.0 Å². The largest absolute Gasteiger partial charge is 0.494 e. The molecule has 3 rings (SSSR count). The van der Waals surface area contributed by atoms with Gasteiger partial charge in [-0.2, -0.15) is 0 Å². The summed E-state index contributed by atoms with van der Waals surface area (Å²) < 4.78 is 10.5. The van der Waals surface area contributed by atoms with Crippen LogP contribution >= 0.6 is 12.2 Å². The summed E-state index contributed by atoms with van der Waals surface area (Å²) in [6, 6.07) is 11.2. The Bertz CT molecular complexity index is 1080. The summed E-state index contributed by atoms with van der Waals surface area (Å²) in [5.74, 6) is -0.215. The Kier molecular flexibility index (Phi) is 8.96. The van der Waals surface area contributed by atoms with Crippen LogP contribution in [0.2, 0.25) is 0 Å². The molecular weight excluding hydrogens is 472 g/mol. The van der Waals surface area contributed by atoms with Crippen molar-refractivity contribution in [2.75, 3.05) is 44.3 Å². The molecule has 0 radical (unpaired) electrons. The maximum Gasteiger partial charge on any atom is 0.338 e. The Morgan fingerprint density at radius 3 is 2.31 bits per heavy atom. The number of ether oxygens (including phenoxy) is 2. The third kappa shape index (κ3) is 6.66. The fraction of sp³-hybridized carbons (Fsp3) is 0.375. The van der Waals surface area contributed by atoms with Crippen molar-refractivity contribution in [3.8, 4) is 5.75 Å². The van der Waals surface area contributed by atoms with E-state index in [0.29, 0.717) is 54.9 Å². The molecule has 1 N–H and O–H groups in total. The van der Waals surface area contributed by atoms with Crippen LogP contribution in [0.1, 0.15) is 41.0 Å². The van der Waals surface area contributed by atoms with Gasteiger partial charge >= 0.3 is 5.97 Å². The standard InChI is InChI=1S/C24H28N4O6S/c1-3-15-34-19-8-5-17(6-9-19)22(29)25-24(35)27-13-11-26(12-14-27)20-10-7-18(23(30)33-4-2)16-21(20)28(31)32/h5-10,16H,3-4,11-15H2,1-2H3,(H,25,29,35). The molecule has 2 aromatic carbocycles. The van der Waals surface area contributed by atoms with Crippen LogP contribution in [-0.4, -0.2) is 66.2 Å². The van der Waals surface area contributed by atoms with Crippen molar-refractivity contribution in [3.63, 3.8) is 0 Å². The van der Waals surface area contributed by atoms with Crippen LogP contribution in [0.25, 0.3) is 0 Å². The number of hydrogen-bond donors (Lipinski definition) is 1. The van der Waals surface area contributed by atoms with Crippen LogP contribution in [0, 0.1) is 10.1 Å². The summed E-state index contributed by atoms with van der Waals surface area (Å²) in [4.78, 5) is 39.4. The molecule has 1 heterocycles. The average molecular weight is 501 g/mol. The van der Waals surface area contributed by atoms with Gasteiger partial charge in [-0.1, -0.05) is 6.92 Å². The number of hydrogen-bond acceptors (Lipinski definition) is 8. The molecule has 0 spiro atoms. The maximum atomic E-state index is 12.6. The number of nitrogens with zero attached hydrogens (tertiary/aromatic N) is 3. The predicted octanol–water partition coefficient (Wildman–Crippen LogP) is 3.40. The van der Waals surface area contributed by atoms with Gasteiger partial charge in [-0.05, 0) is 62.0 Å². The number of nitro benzene ring substituents is 1. The molecule has 0 aromatic heterocycles. The highest BCUT2D eigenvalue weighted by molar-refractivity contribution is 7.80. The van der Waals surface area contributed by atoms with Crippen molar-refractivity contribution in [3.05, 3.63) is 63.7 Å². The topological polar surface area (TPSA) is 114 Å². The minimum Gasteiger partial charge on any atom is -0.494 e. The first kappa shape index (κ1) is 25.9. The lowest BCUT2D eigenvalue weighted by Crippen LogP contribution is -2.52.